The molecule has 7 heteroatoms. The zero-order valence-electron chi connectivity index (χ0n) is 12.5. The highest BCUT2D eigenvalue weighted by Gasteiger charge is 2.11. The van der Waals surface area contributed by atoms with E-state index in [2.05, 4.69) is 27.6 Å². The van der Waals surface area contributed by atoms with Gasteiger partial charge in [-0.2, -0.15) is 0 Å². The molecule has 0 aliphatic rings. The predicted molar refractivity (Wildman–Crippen MR) is 98.2 cm³/mol. The summed E-state index contributed by atoms with van der Waals surface area (Å²) in [6.45, 7) is 0. The lowest BCUT2D eigenvalue weighted by Crippen LogP contribution is -2.11. The van der Waals surface area contributed by atoms with Crippen molar-refractivity contribution in [3.8, 4) is 0 Å². The largest absolute Gasteiger partial charge is 0.296 e. The van der Waals surface area contributed by atoms with Crippen molar-refractivity contribution < 1.29 is 4.79 Å². The number of nitrogens with zero attached hydrogens (tertiary/aromatic N) is 2. The van der Waals surface area contributed by atoms with Crippen molar-refractivity contribution in [3.63, 3.8) is 0 Å². The number of anilines is 1. The average molecular weight is 378 g/mol. The fourth-order valence-corrected chi connectivity index (χ4v) is 3.14. The van der Waals surface area contributed by atoms with Crippen LogP contribution in [-0.4, -0.2) is 16.1 Å². The molecule has 122 valence electrons. The second-order valence-electron chi connectivity index (χ2n) is 5.07. The van der Waals surface area contributed by atoms with Crippen LogP contribution < -0.4 is 5.32 Å². The predicted octanol–water partition coefficient (Wildman–Crippen LogP) is 4.88. The van der Waals surface area contributed by atoms with Gasteiger partial charge in [0.05, 0.1) is 10.0 Å². The standard InChI is InChI=1S/C17H13Cl2N3OS/c18-13-8-7-12(10-14(13)19)16(23)20-17-22-21-15(24-17)9-6-11-4-2-1-3-5-11/h1-5,7-8,10H,6,9H2,(H,20,22,23). The Kier molecular flexibility index (Phi) is 5.45. The lowest BCUT2D eigenvalue weighted by atomic mass is 10.1. The zero-order valence-corrected chi connectivity index (χ0v) is 14.8. The highest BCUT2D eigenvalue weighted by molar-refractivity contribution is 7.15. The number of aryl methyl sites for hydroxylation is 2. The molecule has 0 aliphatic heterocycles. The normalized spacial score (nSPS) is 10.6. The quantitative estimate of drug-likeness (QED) is 0.688. The van der Waals surface area contributed by atoms with Gasteiger partial charge in [0.15, 0.2) is 0 Å². The lowest BCUT2D eigenvalue weighted by Gasteiger charge is -2.02. The molecule has 0 spiro atoms. The number of benzene rings is 2. The van der Waals surface area contributed by atoms with Gasteiger partial charge in [0.25, 0.3) is 5.91 Å². The van der Waals surface area contributed by atoms with Crippen LogP contribution in [0.15, 0.2) is 48.5 Å². The molecule has 2 aromatic carbocycles. The van der Waals surface area contributed by atoms with E-state index >= 15 is 0 Å². The van der Waals surface area contributed by atoms with Gasteiger partial charge in [-0.3, -0.25) is 10.1 Å². The number of carbonyl (C=O) groups is 1. The number of halogens is 2. The van der Waals surface area contributed by atoms with Crippen molar-refractivity contribution in [1.82, 2.24) is 10.2 Å². The van der Waals surface area contributed by atoms with Crippen LogP contribution in [0, 0.1) is 0 Å². The average Bonchev–Trinajstić information content (AvgIpc) is 3.04. The summed E-state index contributed by atoms with van der Waals surface area (Å²) in [5, 5.41) is 12.9. The number of hydrogen-bond donors (Lipinski definition) is 1. The van der Waals surface area contributed by atoms with E-state index in [9.17, 15) is 4.79 Å². The van der Waals surface area contributed by atoms with Gasteiger partial charge in [0, 0.05) is 12.0 Å². The molecular formula is C17H13Cl2N3OS. The summed E-state index contributed by atoms with van der Waals surface area (Å²) in [5.74, 6) is -0.292. The summed E-state index contributed by atoms with van der Waals surface area (Å²) in [6.07, 6.45) is 1.67. The van der Waals surface area contributed by atoms with Crippen molar-refractivity contribution in [2.45, 2.75) is 12.8 Å². The second kappa shape index (κ2) is 7.75. The molecule has 1 heterocycles. The minimum Gasteiger partial charge on any atom is -0.296 e. The Morgan fingerprint density at radius 2 is 1.79 bits per heavy atom. The highest BCUT2D eigenvalue weighted by Crippen LogP contribution is 2.24. The molecular weight excluding hydrogens is 365 g/mol. The third kappa shape index (κ3) is 4.32. The molecule has 0 atom stereocenters. The van der Waals surface area contributed by atoms with Crippen LogP contribution in [0.5, 0.6) is 0 Å². The van der Waals surface area contributed by atoms with Gasteiger partial charge in [0.2, 0.25) is 5.13 Å². The Hall–Kier alpha value is -1.95. The second-order valence-corrected chi connectivity index (χ2v) is 6.95. The monoisotopic (exact) mass is 377 g/mol. The van der Waals surface area contributed by atoms with Crippen LogP contribution in [0.4, 0.5) is 5.13 Å². The minimum atomic E-state index is -0.292. The summed E-state index contributed by atoms with van der Waals surface area (Å²) < 4.78 is 0. The van der Waals surface area contributed by atoms with Gasteiger partial charge >= 0.3 is 0 Å². The van der Waals surface area contributed by atoms with E-state index in [1.165, 1.54) is 23.0 Å². The van der Waals surface area contributed by atoms with Gasteiger partial charge < -0.3 is 0 Å². The number of nitrogens with one attached hydrogen (secondary N) is 1. The van der Waals surface area contributed by atoms with E-state index in [-0.39, 0.29) is 5.91 Å². The fraction of sp³-hybridized carbons (Fsp3) is 0.118. The topological polar surface area (TPSA) is 54.9 Å². The number of aromatic nitrogens is 2. The smallest absolute Gasteiger partial charge is 0.257 e. The summed E-state index contributed by atoms with van der Waals surface area (Å²) in [7, 11) is 0. The maximum absolute atomic E-state index is 12.2. The van der Waals surface area contributed by atoms with Crippen molar-refractivity contribution in [3.05, 3.63) is 74.7 Å². The Labute approximate surface area is 153 Å². The molecule has 0 unspecified atom stereocenters. The Balaban J connectivity index is 1.61. The molecule has 4 nitrogen and oxygen atoms in total. The minimum absolute atomic E-state index is 0.292. The van der Waals surface area contributed by atoms with Crippen molar-refractivity contribution in [2.24, 2.45) is 0 Å². The first-order chi connectivity index (χ1) is 11.6. The fourth-order valence-electron chi connectivity index (χ4n) is 2.11. The van der Waals surface area contributed by atoms with Crippen molar-refractivity contribution >= 4 is 45.6 Å². The first-order valence-electron chi connectivity index (χ1n) is 7.24. The highest BCUT2D eigenvalue weighted by atomic mass is 35.5. The van der Waals surface area contributed by atoms with E-state index in [0.29, 0.717) is 20.7 Å². The summed E-state index contributed by atoms with van der Waals surface area (Å²) in [4.78, 5) is 12.2. The van der Waals surface area contributed by atoms with Crippen LogP contribution in [-0.2, 0) is 12.8 Å². The molecule has 1 N–H and O–H groups in total. The molecule has 3 aromatic rings. The molecule has 1 amide bonds. The van der Waals surface area contributed by atoms with Crippen LogP contribution in [0.2, 0.25) is 10.0 Å². The number of carbonyl (C=O) groups excluding carboxylic acids is 1. The van der Waals surface area contributed by atoms with Gasteiger partial charge in [0.1, 0.15) is 5.01 Å². The summed E-state index contributed by atoms with van der Waals surface area (Å²) >= 11 is 13.1. The van der Waals surface area contributed by atoms with Crippen LogP contribution in [0.3, 0.4) is 0 Å². The van der Waals surface area contributed by atoms with E-state index in [1.54, 1.807) is 12.1 Å². The van der Waals surface area contributed by atoms with E-state index < -0.39 is 0 Å². The molecule has 0 fully saturated rings. The third-order valence-corrected chi connectivity index (χ3v) is 4.98. The van der Waals surface area contributed by atoms with Gasteiger partial charge in [-0.25, -0.2) is 0 Å². The van der Waals surface area contributed by atoms with E-state index in [1.807, 2.05) is 18.2 Å². The first kappa shape index (κ1) is 16.9. The van der Waals surface area contributed by atoms with Crippen molar-refractivity contribution in [2.75, 3.05) is 5.32 Å². The van der Waals surface area contributed by atoms with Gasteiger partial charge in [-0.15, -0.1) is 10.2 Å². The molecule has 0 saturated heterocycles. The zero-order chi connectivity index (χ0) is 16.9. The van der Waals surface area contributed by atoms with Gasteiger partial charge in [-0.1, -0.05) is 64.9 Å². The SMILES string of the molecule is O=C(Nc1nnc(CCc2ccccc2)s1)c1ccc(Cl)c(Cl)c1. The van der Waals surface area contributed by atoms with E-state index in [0.717, 1.165) is 17.8 Å². The molecule has 0 radical (unpaired) electrons. The number of hydrogen-bond acceptors (Lipinski definition) is 4. The number of amides is 1. The van der Waals surface area contributed by atoms with Crippen LogP contribution >= 0.6 is 34.5 Å². The number of rotatable bonds is 5. The molecule has 0 aliphatic carbocycles. The lowest BCUT2D eigenvalue weighted by molar-refractivity contribution is 0.102. The molecule has 0 bridgehead atoms. The Morgan fingerprint density at radius 3 is 2.54 bits per heavy atom. The maximum atomic E-state index is 12.2. The molecule has 3 rings (SSSR count). The Bertz CT molecular complexity index is 852. The van der Waals surface area contributed by atoms with Crippen molar-refractivity contribution in [1.29, 1.82) is 0 Å². The summed E-state index contributed by atoms with van der Waals surface area (Å²) in [6, 6.07) is 14.9. The Morgan fingerprint density at radius 1 is 1.00 bits per heavy atom. The molecule has 24 heavy (non-hydrogen) atoms. The molecule has 0 saturated carbocycles. The van der Waals surface area contributed by atoms with Gasteiger partial charge in [-0.05, 0) is 30.2 Å². The maximum Gasteiger partial charge on any atom is 0.257 e. The van der Waals surface area contributed by atoms with Crippen LogP contribution in [0.1, 0.15) is 20.9 Å². The van der Waals surface area contributed by atoms with E-state index in [4.69, 9.17) is 23.2 Å². The third-order valence-electron chi connectivity index (χ3n) is 3.34. The first-order valence-corrected chi connectivity index (χ1v) is 8.82. The summed E-state index contributed by atoms with van der Waals surface area (Å²) in [5.41, 5.74) is 1.67. The van der Waals surface area contributed by atoms with Crippen LogP contribution in [0.25, 0.3) is 0 Å². The molecule has 1 aromatic heterocycles.